The number of hydrogen-bond acceptors (Lipinski definition) is 2. The van der Waals surface area contributed by atoms with Crippen molar-refractivity contribution < 1.29 is 4.39 Å². The lowest BCUT2D eigenvalue weighted by Gasteiger charge is -2.05. The third kappa shape index (κ3) is 3.55. The minimum atomic E-state index is -0.273. The zero-order valence-corrected chi connectivity index (χ0v) is 11.5. The van der Waals surface area contributed by atoms with Crippen LogP contribution >= 0.6 is 11.6 Å². The van der Waals surface area contributed by atoms with Gasteiger partial charge < -0.3 is 0 Å². The lowest BCUT2D eigenvalue weighted by molar-refractivity contribution is 0.627. The standard InChI is InChI=1S/C15H14ClFN2/c1-10-6-7-14(9-15(10)16)19-18-11(2)12-4-3-5-13(17)8-12/h3-9,19H,1-2H3/b18-11+. The number of halogens is 2. The van der Waals surface area contributed by atoms with Gasteiger partial charge in [-0.2, -0.15) is 5.10 Å². The van der Waals surface area contributed by atoms with E-state index >= 15 is 0 Å². The number of rotatable bonds is 3. The average molecular weight is 277 g/mol. The maximum absolute atomic E-state index is 13.1. The Bertz CT molecular complexity index is 623. The van der Waals surface area contributed by atoms with Crippen LogP contribution in [0.15, 0.2) is 47.6 Å². The molecule has 0 aliphatic heterocycles. The fraction of sp³-hybridized carbons (Fsp3) is 0.133. The molecule has 0 aliphatic carbocycles. The molecule has 0 saturated heterocycles. The fourth-order valence-corrected chi connectivity index (χ4v) is 1.77. The van der Waals surface area contributed by atoms with Gasteiger partial charge in [-0.25, -0.2) is 4.39 Å². The Morgan fingerprint density at radius 1 is 1.21 bits per heavy atom. The van der Waals surface area contributed by atoms with Gasteiger partial charge in [0.1, 0.15) is 5.82 Å². The van der Waals surface area contributed by atoms with Gasteiger partial charge in [-0.05, 0) is 43.7 Å². The highest BCUT2D eigenvalue weighted by Crippen LogP contribution is 2.20. The SMILES string of the molecule is C/C(=N\Nc1ccc(C)c(Cl)c1)c1cccc(F)c1. The highest BCUT2D eigenvalue weighted by molar-refractivity contribution is 6.31. The Morgan fingerprint density at radius 2 is 2.00 bits per heavy atom. The van der Waals surface area contributed by atoms with E-state index in [2.05, 4.69) is 10.5 Å². The smallest absolute Gasteiger partial charge is 0.123 e. The van der Waals surface area contributed by atoms with Gasteiger partial charge in [-0.1, -0.05) is 29.8 Å². The van der Waals surface area contributed by atoms with E-state index in [4.69, 9.17) is 11.6 Å². The van der Waals surface area contributed by atoms with Gasteiger partial charge in [-0.3, -0.25) is 5.43 Å². The number of hydrazone groups is 1. The largest absolute Gasteiger partial charge is 0.278 e. The molecule has 0 atom stereocenters. The molecule has 0 heterocycles. The Labute approximate surface area is 116 Å². The van der Waals surface area contributed by atoms with E-state index in [0.29, 0.717) is 10.7 Å². The van der Waals surface area contributed by atoms with Gasteiger partial charge >= 0.3 is 0 Å². The van der Waals surface area contributed by atoms with E-state index in [1.807, 2.05) is 32.0 Å². The van der Waals surface area contributed by atoms with Gasteiger partial charge in [0.05, 0.1) is 11.4 Å². The summed E-state index contributed by atoms with van der Waals surface area (Å²) in [5.41, 5.74) is 6.17. The second-order valence-electron chi connectivity index (χ2n) is 4.28. The van der Waals surface area contributed by atoms with Crippen LogP contribution in [-0.2, 0) is 0 Å². The summed E-state index contributed by atoms with van der Waals surface area (Å²) >= 11 is 6.03. The molecule has 0 aromatic heterocycles. The van der Waals surface area contributed by atoms with Gasteiger partial charge in [0, 0.05) is 10.6 Å². The normalized spacial score (nSPS) is 11.5. The molecule has 2 aromatic carbocycles. The van der Waals surface area contributed by atoms with Crippen molar-refractivity contribution in [3.8, 4) is 0 Å². The summed E-state index contributed by atoms with van der Waals surface area (Å²) in [6.07, 6.45) is 0. The zero-order chi connectivity index (χ0) is 13.8. The topological polar surface area (TPSA) is 24.4 Å². The predicted octanol–water partition coefficient (Wildman–Crippen LogP) is 4.62. The Kier molecular flexibility index (Phi) is 4.17. The van der Waals surface area contributed by atoms with E-state index in [-0.39, 0.29) is 5.82 Å². The number of nitrogens with one attached hydrogen (secondary N) is 1. The number of anilines is 1. The van der Waals surface area contributed by atoms with Gasteiger partial charge in [0.25, 0.3) is 0 Å². The summed E-state index contributed by atoms with van der Waals surface area (Å²) in [5, 5.41) is 4.90. The second-order valence-corrected chi connectivity index (χ2v) is 4.69. The lowest BCUT2D eigenvalue weighted by atomic mass is 10.1. The van der Waals surface area contributed by atoms with Crippen LogP contribution in [0.2, 0.25) is 5.02 Å². The van der Waals surface area contributed by atoms with Crippen LogP contribution in [0.4, 0.5) is 10.1 Å². The van der Waals surface area contributed by atoms with Crippen LogP contribution in [-0.4, -0.2) is 5.71 Å². The molecule has 98 valence electrons. The molecule has 2 nitrogen and oxygen atoms in total. The summed E-state index contributed by atoms with van der Waals surface area (Å²) < 4.78 is 13.1. The molecule has 0 saturated carbocycles. The summed E-state index contributed by atoms with van der Waals surface area (Å²) in [5.74, 6) is -0.273. The zero-order valence-electron chi connectivity index (χ0n) is 10.7. The van der Waals surface area contributed by atoms with Gasteiger partial charge in [-0.15, -0.1) is 0 Å². The number of benzene rings is 2. The molecule has 0 unspecified atom stereocenters. The molecule has 0 bridgehead atoms. The molecule has 19 heavy (non-hydrogen) atoms. The van der Waals surface area contributed by atoms with Crippen molar-refractivity contribution in [1.29, 1.82) is 0 Å². The van der Waals surface area contributed by atoms with Crippen LogP contribution in [0.25, 0.3) is 0 Å². The summed E-state index contributed by atoms with van der Waals surface area (Å²) in [6.45, 7) is 3.75. The first-order chi connectivity index (χ1) is 9.06. The minimum Gasteiger partial charge on any atom is -0.278 e. The van der Waals surface area contributed by atoms with Crippen LogP contribution in [0.3, 0.4) is 0 Å². The summed E-state index contributed by atoms with van der Waals surface area (Å²) in [7, 11) is 0. The molecule has 2 aromatic rings. The molecule has 4 heteroatoms. The van der Waals surface area contributed by atoms with Crippen molar-refractivity contribution in [2.24, 2.45) is 5.10 Å². The molecular formula is C15H14ClFN2. The maximum atomic E-state index is 13.1. The van der Waals surface area contributed by atoms with Crippen molar-refractivity contribution in [3.05, 3.63) is 64.4 Å². The number of nitrogens with zero attached hydrogens (tertiary/aromatic N) is 1. The highest BCUT2D eigenvalue weighted by Gasteiger charge is 2.00. The maximum Gasteiger partial charge on any atom is 0.123 e. The minimum absolute atomic E-state index is 0.273. The Morgan fingerprint density at radius 3 is 2.68 bits per heavy atom. The van der Waals surface area contributed by atoms with E-state index in [0.717, 1.165) is 16.8 Å². The first-order valence-electron chi connectivity index (χ1n) is 5.88. The van der Waals surface area contributed by atoms with Crippen molar-refractivity contribution in [2.45, 2.75) is 13.8 Å². The van der Waals surface area contributed by atoms with Gasteiger partial charge in [0.2, 0.25) is 0 Å². The van der Waals surface area contributed by atoms with E-state index < -0.39 is 0 Å². The fourth-order valence-electron chi connectivity index (χ4n) is 1.59. The molecule has 0 spiro atoms. The quantitative estimate of drug-likeness (QED) is 0.642. The van der Waals surface area contributed by atoms with Crippen molar-refractivity contribution in [1.82, 2.24) is 0 Å². The molecule has 0 amide bonds. The van der Waals surface area contributed by atoms with Crippen molar-refractivity contribution in [2.75, 3.05) is 5.43 Å². The molecule has 1 N–H and O–H groups in total. The highest BCUT2D eigenvalue weighted by atomic mass is 35.5. The predicted molar refractivity (Wildman–Crippen MR) is 78.4 cm³/mol. The van der Waals surface area contributed by atoms with E-state index in [1.165, 1.54) is 12.1 Å². The van der Waals surface area contributed by atoms with Crippen LogP contribution in [0, 0.1) is 12.7 Å². The lowest BCUT2D eigenvalue weighted by Crippen LogP contribution is -2.00. The third-order valence-electron chi connectivity index (χ3n) is 2.77. The molecular weight excluding hydrogens is 263 g/mol. The Hall–Kier alpha value is -1.87. The Balaban J connectivity index is 2.15. The second kappa shape index (κ2) is 5.85. The van der Waals surface area contributed by atoms with E-state index in [1.54, 1.807) is 12.1 Å². The van der Waals surface area contributed by atoms with Crippen LogP contribution < -0.4 is 5.43 Å². The van der Waals surface area contributed by atoms with Crippen LogP contribution in [0.1, 0.15) is 18.1 Å². The van der Waals surface area contributed by atoms with Gasteiger partial charge in [0.15, 0.2) is 0 Å². The third-order valence-corrected chi connectivity index (χ3v) is 3.17. The van der Waals surface area contributed by atoms with Crippen LogP contribution in [0.5, 0.6) is 0 Å². The number of aryl methyl sites for hydroxylation is 1. The monoisotopic (exact) mass is 276 g/mol. The van der Waals surface area contributed by atoms with E-state index in [9.17, 15) is 4.39 Å². The first kappa shape index (κ1) is 13.6. The molecule has 2 rings (SSSR count). The van der Waals surface area contributed by atoms with Crippen molar-refractivity contribution in [3.63, 3.8) is 0 Å². The molecule has 0 radical (unpaired) electrons. The summed E-state index contributed by atoms with van der Waals surface area (Å²) in [4.78, 5) is 0. The summed E-state index contributed by atoms with van der Waals surface area (Å²) in [6, 6.07) is 11.9. The number of hydrogen-bond donors (Lipinski definition) is 1. The average Bonchev–Trinajstić information content (AvgIpc) is 2.40. The molecule has 0 aliphatic rings. The first-order valence-corrected chi connectivity index (χ1v) is 6.26. The molecule has 0 fully saturated rings. The van der Waals surface area contributed by atoms with Crippen molar-refractivity contribution >= 4 is 23.0 Å².